The summed E-state index contributed by atoms with van der Waals surface area (Å²) in [7, 11) is 1.37. The summed E-state index contributed by atoms with van der Waals surface area (Å²) in [5.74, 6) is 0.629. The molecule has 2 fully saturated rings. The summed E-state index contributed by atoms with van der Waals surface area (Å²) < 4.78 is 45.6. The lowest BCUT2D eigenvalue weighted by atomic mass is 10.1. The average Bonchev–Trinajstić information content (AvgIpc) is 3.42. The lowest BCUT2D eigenvalue weighted by Crippen LogP contribution is -2.38. The number of ether oxygens (including phenoxy) is 4. The summed E-state index contributed by atoms with van der Waals surface area (Å²) in [6, 6.07) is 10.0. The Bertz CT molecular complexity index is 1110. The Balaban J connectivity index is 1.30. The van der Waals surface area contributed by atoms with Crippen LogP contribution < -0.4 is 23.8 Å². The summed E-state index contributed by atoms with van der Waals surface area (Å²) in [6.45, 7) is -2.24. The number of rotatable bonds is 8. The van der Waals surface area contributed by atoms with E-state index in [0.717, 1.165) is 18.4 Å². The number of alkyl halides is 2. The Morgan fingerprint density at radius 1 is 1.15 bits per heavy atom. The number of halogens is 2. The van der Waals surface area contributed by atoms with Crippen molar-refractivity contribution < 1.29 is 37.3 Å². The number of amides is 2. The number of benzene rings is 2. The zero-order chi connectivity index (χ0) is 23.8. The molecule has 5 rings (SSSR count). The van der Waals surface area contributed by atoms with Crippen LogP contribution in [0.15, 0.2) is 36.4 Å². The Hall–Kier alpha value is -3.56. The van der Waals surface area contributed by atoms with Gasteiger partial charge in [-0.25, -0.2) is 0 Å². The third-order valence-corrected chi connectivity index (χ3v) is 6.21. The number of hydrogen-bond acceptors (Lipinski definition) is 6. The molecule has 1 unspecified atom stereocenters. The number of methoxy groups -OCH3 is 1. The molecule has 34 heavy (non-hydrogen) atoms. The Morgan fingerprint density at radius 3 is 2.68 bits per heavy atom. The van der Waals surface area contributed by atoms with Crippen molar-refractivity contribution in [3.8, 4) is 23.0 Å². The molecule has 180 valence electrons. The summed E-state index contributed by atoms with van der Waals surface area (Å²) in [4.78, 5) is 29.6. The minimum atomic E-state index is -2.96. The normalized spacial score (nSPS) is 19.0. The van der Waals surface area contributed by atoms with Crippen molar-refractivity contribution >= 4 is 17.5 Å². The summed E-state index contributed by atoms with van der Waals surface area (Å²) in [5.41, 5.74) is 1.40. The fourth-order valence-electron chi connectivity index (χ4n) is 4.38. The molecule has 1 aliphatic carbocycles. The van der Waals surface area contributed by atoms with Crippen LogP contribution in [-0.2, 0) is 16.1 Å². The van der Waals surface area contributed by atoms with Crippen LogP contribution in [0, 0.1) is 5.92 Å². The maximum absolute atomic E-state index is 13.5. The lowest BCUT2D eigenvalue weighted by molar-refractivity contribution is -0.137. The van der Waals surface area contributed by atoms with Crippen LogP contribution in [0.2, 0.25) is 0 Å². The molecular formula is C24H24F2N2O6. The van der Waals surface area contributed by atoms with Crippen LogP contribution in [-0.4, -0.2) is 49.8 Å². The van der Waals surface area contributed by atoms with Gasteiger partial charge < -0.3 is 28.7 Å². The van der Waals surface area contributed by atoms with Gasteiger partial charge in [-0.3, -0.25) is 9.59 Å². The van der Waals surface area contributed by atoms with E-state index in [2.05, 4.69) is 4.74 Å². The monoisotopic (exact) mass is 474 g/mol. The van der Waals surface area contributed by atoms with Gasteiger partial charge in [-0.2, -0.15) is 8.78 Å². The molecule has 0 radical (unpaired) electrons. The number of fused-ring (bicyclic) bond motifs is 1. The molecule has 2 heterocycles. The molecule has 0 spiro atoms. The maximum atomic E-state index is 13.5. The first-order valence-corrected chi connectivity index (χ1v) is 11.0. The highest BCUT2D eigenvalue weighted by atomic mass is 19.3. The lowest BCUT2D eigenvalue weighted by Gasteiger charge is -2.26. The van der Waals surface area contributed by atoms with Crippen LogP contribution >= 0.6 is 0 Å². The topological polar surface area (TPSA) is 77.5 Å². The number of carbonyl (C=O) groups excluding carboxylic acids is 2. The van der Waals surface area contributed by atoms with Crippen molar-refractivity contribution in [1.82, 2.24) is 4.90 Å². The second-order valence-electron chi connectivity index (χ2n) is 8.50. The SMILES string of the molecule is COc1cc(CN(C(=O)C2CC(=O)N(c3ccc4c(c3)OCO4)C2)C2CC2)ccc1OC(F)F. The van der Waals surface area contributed by atoms with Gasteiger partial charge in [-0.1, -0.05) is 6.07 Å². The zero-order valence-electron chi connectivity index (χ0n) is 18.5. The molecule has 0 aromatic heterocycles. The van der Waals surface area contributed by atoms with E-state index in [4.69, 9.17) is 14.2 Å². The number of anilines is 1. The van der Waals surface area contributed by atoms with Gasteiger partial charge in [0.05, 0.1) is 13.0 Å². The van der Waals surface area contributed by atoms with E-state index >= 15 is 0 Å². The van der Waals surface area contributed by atoms with E-state index in [1.54, 1.807) is 40.1 Å². The van der Waals surface area contributed by atoms with Gasteiger partial charge >= 0.3 is 6.61 Å². The Labute approximate surface area is 194 Å². The van der Waals surface area contributed by atoms with E-state index in [-0.39, 0.29) is 49.1 Å². The Kier molecular flexibility index (Phi) is 5.89. The van der Waals surface area contributed by atoms with Gasteiger partial charge in [0, 0.05) is 37.3 Å². The fourth-order valence-corrected chi connectivity index (χ4v) is 4.38. The molecular weight excluding hydrogens is 450 g/mol. The zero-order valence-corrected chi connectivity index (χ0v) is 18.5. The standard InChI is InChI=1S/C24H24F2N2O6/c1-31-20-8-14(2-6-19(20)34-24(25)26)11-28(16-3-4-16)23(30)15-9-22(29)27(12-15)17-5-7-18-21(10-17)33-13-32-18/h2,5-8,10,15-16,24H,3-4,9,11-13H2,1H3. The van der Waals surface area contributed by atoms with Crippen molar-refractivity contribution in [3.05, 3.63) is 42.0 Å². The van der Waals surface area contributed by atoms with Crippen LogP contribution in [0.1, 0.15) is 24.8 Å². The van der Waals surface area contributed by atoms with Gasteiger partial charge in [0.1, 0.15) is 0 Å². The van der Waals surface area contributed by atoms with Gasteiger partial charge in [0.2, 0.25) is 18.6 Å². The minimum absolute atomic E-state index is 0.0636. The van der Waals surface area contributed by atoms with Gasteiger partial charge in [0.25, 0.3) is 0 Å². The summed E-state index contributed by atoms with van der Waals surface area (Å²) in [5, 5.41) is 0. The van der Waals surface area contributed by atoms with Crippen LogP contribution in [0.4, 0.5) is 14.5 Å². The van der Waals surface area contributed by atoms with Crippen LogP contribution in [0.5, 0.6) is 23.0 Å². The highest BCUT2D eigenvalue weighted by Crippen LogP contribution is 2.38. The van der Waals surface area contributed by atoms with Crippen LogP contribution in [0.3, 0.4) is 0 Å². The van der Waals surface area contributed by atoms with Crippen molar-refractivity contribution in [2.45, 2.75) is 38.5 Å². The number of hydrogen-bond donors (Lipinski definition) is 0. The van der Waals surface area contributed by atoms with E-state index in [1.807, 2.05) is 0 Å². The van der Waals surface area contributed by atoms with E-state index in [0.29, 0.717) is 23.7 Å². The van der Waals surface area contributed by atoms with E-state index < -0.39 is 12.5 Å². The molecule has 10 heteroatoms. The fraction of sp³-hybridized carbons (Fsp3) is 0.417. The molecule has 1 atom stereocenters. The molecule has 2 aromatic rings. The van der Waals surface area contributed by atoms with Crippen molar-refractivity contribution in [2.24, 2.45) is 5.92 Å². The summed E-state index contributed by atoms with van der Waals surface area (Å²) >= 11 is 0. The molecule has 2 aromatic carbocycles. The average molecular weight is 474 g/mol. The quantitative estimate of drug-likeness (QED) is 0.582. The third kappa shape index (κ3) is 4.44. The first-order chi connectivity index (χ1) is 16.4. The third-order valence-electron chi connectivity index (χ3n) is 6.21. The van der Waals surface area contributed by atoms with Gasteiger partial charge in [-0.15, -0.1) is 0 Å². The molecule has 1 saturated carbocycles. The van der Waals surface area contributed by atoms with Crippen molar-refractivity contribution in [3.63, 3.8) is 0 Å². The van der Waals surface area contributed by atoms with Crippen molar-refractivity contribution in [1.29, 1.82) is 0 Å². The molecule has 2 aliphatic heterocycles. The highest BCUT2D eigenvalue weighted by Gasteiger charge is 2.41. The predicted octanol–water partition coefficient (Wildman–Crippen LogP) is 3.57. The van der Waals surface area contributed by atoms with Crippen molar-refractivity contribution in [2.75, 3.05) is 25.3 Å². The number of nitrogens with zero attached hydrogens (tertiary/aromatic N) is 2. The van der Waals surface area contributed by atoms with Crippen LogP contribution in [0.25, 0.3) is 0 Å². The molecule has 1 saturated heterocycles. The van der Waals surface area contributed by atoms with Gasteiger partial charge in [0.15, 0.2) is 23.0 Å². The molecule has 2 amide bonds. The Morgan fingerprint density at radius 2 is 1.94 bits per heavy atom. The molecule has 0 bridgehead atoms. The molecule has 8 nitrogen and oxygen atoms in total. The number of carbonyl (C=O) groups is 2. The molecule has 0 N–H and O–H groups in total. The van der Waals surface area contributed by atoms with E-state index in [1.165, 1.54) is 13.2 Å². The minimum Gasteiger partial charge on any atom is -0.493 e. The van der Waals surface area contributed by atoms with Gasteiger partial charge in [-0.05, 0) is 42.7 Å². The maximum Gasteiger partial charge on any atom is 0.387 e. The van der Waals surface area contributed by atoms with E-state index in [9.17, 15) is 18.4 Å². The smallest absolute Gasteiger partial charge is 0.387 e. The second kappa shape index (κ2) is 9.00. The predicted molar refractivity (Wildman–Crippen MR) is 116 cm³/mol. The summed E-state index contributed by atoms with van der Waals surface area (Å²) in [6.07, 6.45) is 1.91. The first kappa shape index (κ1) is 22.2. The molecule has 3 aliphatic rings. The highest BCUT2D eigenvalue weighted by molar-refractivity contribution is 6.00. The second-order valence-corrected chi connectivity index (χ2v) is 8.50. The largest absolute Gasteiger partial charge is 0.493 e. The first-order valence-electron chi connectivity index (χ1n) is 11.0.